The minimum absolute atomic E-state index is 0.000130. The number of nitrogens with zero attached hydrogens (tertiary/aromatic N) is 4. The van der Waals surface area contributed by atoms with Gasteiger partial charge in [-0.15, -0.1) is 0 Å². The Morgan fingerprint density at radius 3 is 1.86 bits per heavy atom. The lowest BCUT2D eigenvalue weighted by Gasteiger charge is -2.18. The molecule has 5 heteroatoms. The number of fused-ring (bicyclic) bond motifs is 5. The smallest absolute Gasteiger partial charge is 0.287 e. The molecule has 208 valence electrons. The average Bonchev–Trinajstić information content (AvgIpc) is 3.60. The molecule has 2 aromatic heterocycles. The lowest BCUT2D eigenvalue weighted by molar-refractivity contribution is 0.734. The fourth-order valence-electron chi connectivity index (χ4n) is 7.38. The summed E-state index contributed by atoms with van der Waals surface area (Å²) in [6.45, 7) is -0.000130. The van der Waals surface area contributed by atoms with Crippen LogP contribution in [0.4, 0.5) is 0 Å². The average molecular weight is 565 g/mol. The van der Waals surface area contributed by atoms with E-state index in [0.29, 0.717) is 0 Å². The van der Waals surface area contributed by atoms with Crippen LogP contribution in [0.2, 0.25) is 0 Å². The third-order valence-electron chi connectivity index (χ3n) is 9.33. The monoisotopic (exact) mass is 564 g/mol. The van der Waals surface area contributed by atoms with Crippen molar-refractivity contribution in [1.29, 1.82) is 0 Å². The first-order valence-electron chi connectivity index (χ1n) is 15.5. The molecule has 44 heavy (non-hydrogen) atoms. The minimum atomic E-state index is -0.000130. The van der Waals surface area contributed by atoms with Crippen molar-refractivity contribution in [2.45, 2.75) is 25.7 Å². The zero-order valence-electron chi connectivity index (χ0n) is 24.3. The molecule has 3 heterocycles. The predicted molar refractivity (Wildman–Crippen MR) is 182 cm³/mol. The number of allylic oxidation sites excluding steroid dienone is 2. The Bertz CT molecular complexity index is 2160. The van der Waals surface area contributed by atoms with Gasteiger partial charge in [0.1, 0.15) is 5.72 Å². The van der Waals surface area contributed by atoms with Crippen LogP contribution in [0.15, 0.2) is 133 Å². The third-order valence-corrected chi connectivity index (χ3v) is 9.33. The number of rotatable bonds is 4. The van der Waals surface area contributed by atoms with Gasteiger partial charge in [-0.05, 0) is 67.2 Å². The Morgan fingerprint density at radius 2 is 1.16 bits per heavy atom. The van der Waals surface area contributed by atoms with E-state index in [1.165, 1.54) is 62.4 Å². The zero-order valence-corrected chi connectivity index (χ0v) is 24.3. The Labute approximate surface area is 256 Å². The van der Waals surface area contributed by atoms with Crippen LogP contribution < -0.4 is 11.2 Å². The molecule has 0 fully saturated rings. The molecule has 1 aliphatic carbocycles. The summed E-state index contributed by atoms with van der Waals surface area (Å²) in [6, 6.07) is 45.0. The van der Waals surface area contributed by atoms with E-state index in [1.54, 1.807) is 0 Å². The van der Waals surface area contributed by atoms with Crippen LogP contribution in [0.5, 0.6) is 0 Å². The summed E-state index contributed by atoms with van der Waals surface area (Å²) in [7, 11) is 0. The third kappa shape index (κ3) is 3.96. The van der Waals surface area contributed by atoms with Gasteiger partial charge in [0.15, 0.2) is 11.6 Å². The summed E-state index contributed by atoms with van der Waals surface area (Å²) in [4.78, 5) is 15.5. The summed E-state index contributed by atoms with van der Waals surface area (Å²) >= 11 is 0. The molecule has 0 saturated heterocycles. The van der Waals surface area contributed by atoms with Gasteiger partial charge in [-0.25, -0.2) is 15.0 Å². The highest BCUT2D eigenvalue weighted by atomic mass is 15.0. The first-order valence-corrected chi connectivity index (χ1v) is 15.5. The van der Waals surface area contributed by atoms with Crippen molar-refractivity contribution in [1.82, 2.24) is 19.5 Å². The topological polar surface area (TPSA) is 43.6 Å². The maximum atomic E-state index is 5.24. The zero-order chi connectivity index (χ0) is 29.0. The Kier molecular flexibility index (Phi) is 5.83. The normalized spacial score (nSPS) is 14.3. The van der Waals surface area contributed by atoms with E-state index in [9.17, 15) is 0 Å². The fourth-order valence-corrected chi connectivity index (χ4v) is 7.38. The predicted octanol–water partition coefficient (Wildman–Crippen LogP) is 7.79. The van der Waals surface area contributed by atoms with Crippen LogP contribution in [0.1, 0.15) is 31.2 Å². The van der Waals surface area contributed by atoms with Crippen molar-refractivity contribution in [2.75, 3.05) is 0 Å². The summed E-state index contributed by atoms with van der Waals surface area (Å²) in [5.41, 5.74) is 12.1. The van der Waals surface area contributed by atoms with Gasteiger partial charge in [0, 0.05) is 27.6 Å². The van der Waals surface area contributed by atoms with E-state index in [1.807, 2.05) is 36.4 Å². The first-order chi connectivity index (χ1) is 21.8. The van der Waals surface area contributed by atoms with Crippen molar-refractivity contribution in [3.63, 3.8) is 0 Å². The van der Waals surface area contributed by atoms with Gasteiger partial charge >= 0.3 is 0 Å². The van der Waals surface area contributed by atoms with Crippen LogP contribution in [-0.2, 0) is 0 Å². The van der Waals surface area contributed by atoms with Crippen molar-refractivity contribution in [2.24, 2.45) is 0 Å². The van der Waals surface area contributed by atoms with Crippen LogP contribution in [0.25, 0.3) is 55.8 Å². The molecule has 0 N–H and O–H groups in total. The maximum absolute atomic E-state index is 5.24. The maximum Gasteiger partial charge on any atom is 0.287 e. The quantitative estimate of drug-likeness (QED) is 0.205. The molecule has 1 aliphatic heterocycles. The molecule has 0 spiro atoms. The van der Waals surface area contributed by atoms with Crippen molar-refractivity contribution in [3.8, 4) is 28.5 Å². The van der Waals surface area contributed by atoms with Gasteiger partial charge in [0.2, 0.25) is 0 Å². The minimum Gasteiger partial charge on any atom is -0.309 e. The second kappa shape index (κ2) is 10.2. The van der Waals surface area contributed by atoms with Gasteiger partial charge in [-0.3, -0.25) is 0 Å². The van der Waals surface area contributed by atoms with Gasteiger partial charge in [-0.2, -0.15) is 0 Å². The molecule has 0 saturated carbocycles. The summed E-state index contributed by atoms with van der Waals surface area (Å²) in [6.07, 6.45) is 4.59. The molecule has 7 aromatic rings. The first kappa shape index (κ1) is 25.2. The number of hydrogen-bond donors (Lipinski definition) is 0. The molecule has 9 rings (SSSR count). The van der Waals surface area contributed by atoms with E-state index in [-0.39, 0.29) is 6.71 Å². The van der Waals surface area contributed by atoms with Gasteiger partial charge in [0.25, 0.3) is 6.71 Å². The molecule has 0 amide bonds. The highest BCUT2D eigenvalue weighted by molar-refractivity contribution is 6.92. The highest BCUT2D eigenvalue weighted by Crippen LogP contribution is 2.41. The molecule has 0 radical (unpaired) electrons. The van der Waals surface area contributed by atoms with Gasteiger partial charge < -0.3 is 4.57 Å². The number of para-hydroxylation sites is 2. The molecule has 2 aliphatic rings. The Balaban J connectivity index is 1.32. The molecular formula is C39H29BN4. The molecule has 0 atom stereocenters. The number of benzene rings is 5. The lowest BCUT2D eigenvalue weighted by atomic mass is 9.40. The Morgan fingerprint density at radius 1 is 0.545 bits per heavy atom. The highest BCUT2D eigenvalue weighted by Gasteiger charge is 2.40. The fraction of sp³-hybridized carbons (Fsp3) is 0.103. The van der Waals surface area contributed by atoms with Crippen LogP contribution >= 0.6 is 0 Å². The standard InChI is InChI=1S/C39H29BN4/c1-4-14-26(15-5-1)37-41-38(27-16-6-2-7-17-27)43-39(42-37)40-33-22-12-10-20-29(33)31-24-32-30-21-11-13-23-35(30)44(36(32)25-34(31)40)28-18-8-3-9-19-28/h1-9,11,13-19,21,23-25H,10,12,20,22H2. The summed E-state index contributed by atoms with van der Waals surface area (Å²) in [5.74, 6) is 1.45. The largest absolute Gasteiger partial charge is 0.309 e. The van der Waals surface area contributed by atoms with Crippen LogP contribution in [-0.4, -0.2) is 26.2 Å². The molecular weight excluding hydrogens is 535 g/mol. The number of aromatic nitrogens is 4. The summed E-state index contributed by atoms with van der Waals surface area (Å²) in [5, 5.41) is 2.58. The van der Waals surface area contributed by atoms with E-state index in [2.05, 4.69) is 95.6 Å². The second-order valence-electron chi connectivity index (χ2n) is 11.9. The van der Waals surface area contributed by atoms with Crippen molar-refractivity contribution in [3.05, 3.63) is 138 Å². The van der Waals surface area contributed by atoms with E-state index in [0.717, 1.165) is 41.3 Å². The number of hydrogen-bond acceptors (Lipinski definition) is 3. The van der Waals surface area contributed by atoms with E-state index in [4.69, 9.17) is 15.0 Å². The second-order valence-corrected chi connectivity index (χ2v) is 11.9. The van der Waals surface area contributed by atoms with Crippen molar-refractivity contribution < 1.29 is 0 Å². The van der Waals surface area contributed by atoms with Crippen LogP contribution in [0.3, 0.4) is 0 Å². The molecule has 5 aromatic carbocycles. The summed E-state index contributed by atoms with van der Waals surface area (Å²) < 4.78 is 2.41. The van der Waals surface area contributed by atoms with Crippen molar-refractivity contribution >= 4 is 45.3 Å². The van der Waals surface area contributed by atoms with E-state index >= 15 is 0 Å². The SMILES string of the molecule is c1ccc(-c2nc(B3C4=C(CCCC4)c4cc5c6ccccc6n(-c6ccccc6)c5cc43)nc(-c3ccccc3)n2)cc1. The molecule has 0 bridgehead atoms. The molecule has 4 nitrogen and oxygen atoms in total. The molecule has 0 unspecified atom stereocenters. The van der Waals surface area contributed by atoms with Crippen LogP contribution in [0, 0.1) is 0 Å². The van der Waals surface area contributed by atoms with Gasteiger partial charge in [-0.1, -0.05) is 108 Å². The van der Waals surface area contributed by atoms with Gasteiger partial charge in [0.05, 0.1) is 11.0 Å². The Hall–Kier alpha value is -5.29. The van der Waals surface area contributed by atoms with E-state index < -0.39 is 0 Å². The lowest BCUT2D eigenvalue weighted by Crippen LogP contribution is -2.46.